The van der Waals surface area contributed by atoms with Crippen molar-refractivity contribution in [1.82, 2.24) is 0 Å². The molecular formula is C14H30O. The van der Waals surface area contributed by atoms with Crippen LogP contribution in [0.5, 0.6) is 0 Å². The molecule has 1 heteroatoms. The Kier molecular flexibility index (Phi) is 13.9. The van der Waals surface area contributed by atoms with Crippen LogP contribution >= 0.6 is 0 Å². The van der Waals surface area contributed by atoms with Crippen molar-refractivity contribution in [1.29, 1.82) is 0 Å². The van der Waals surface area contributed by atoms with E-state index in [9.17, 15) is 0 Å². The minimum Gasteiger partial charge on any atom is -0.381 e. The van der Waals surface area contributed by atoms with E-state index >= 15 is 0 Å². The third kappa shape index (κ3) is 14.0. The van der Waals surface area contributed by atoms with Gasteiger partial charge in [-0.15, -0.1) is 0 Å². The number of unbranched alkanes of at least 4 members (excludes halogenated alkanes) is 8. The maximum absolute atomic E-state index is 5.59. The van der Waals surface area contributed by atoms with Gasteiger partial charge in [0.05, 0.1) is 0 Å². The van der Waals surface area contributed by atoms with Gasteiger partial charge in [0.25, 0.3) is 0 Å². The normalized spacial score (nSPS) is 10.8. The molecule has 1 nitrogen and oxygen atoms in total. The monoisotopic (exact) mass is 214 g/mol. The topological polar surface area (TPSA) is 9.23 Å². The Hall–Kier alpha value is -0.0400. The van der Waals surface area contributed by atoms with E-state index in [2.05, 4.69) is 13.8 Å². The maximum atomic E-state index is 5.59. The summed E-state index contributed by atoms with van der Waals surface area (Å²) in [7, 11) is 0. The molecule has 0 aliphatic carbocycles. The van der Waals surface area contributed by atoms with Crippen LogP contribution in [0.2, 0.25) is 0 Å². The second-order valence-electron chi connectivity index (χ2n) is 4.44. The summed E-state index contributed by atoms with van der Waals surface area (Å²) < 4.78 is 5.59. The molecule has 0 heterocycles. The molecule has 0 aliphatic heterocycles. The second kappa shape index (κ2) is 14.0. The van der Waals surface area contributed by atoms with E-state index in [1.807, 2.05) is 0 Å². The third-order valence-electron chi connectivity index (χ3n) is 2.78. The molecule has 0 aromatic carbocycles. The Morgan fingerprint density at radius 3 is 1.47 bits per heavy atom. The first-order valence-corrected chi connectivity index (χ1v) is 6.99. The van der Waals surface area contributed by atoms with Gasteiger partial charge in [-0.05, 0) is 12.8 Å². The van der Waals surface area contributed by atoms with Crippen molar-refractivity contribution in [2.75, 3.05) is 13.2 Å². The molecule has 0 radical (unpaired) electrons. The number of hydrogen-bond donors (Lipinski definition) is 0. The smallest absolute Gasteiger partial charge is 0.0466 e. The van der Waals surface area contributed by atoms with Crippen molar-refractivity contribution in [2.24, 2.45) is 0 Å². The van der Waals surface area contributed by atoms with Crippen molar-refractivity contribution in [3.63, 3.8) is 0 Å². The summed E-state index contributed by atoms with van der Waals surface area (Å²) in [6, 6.07) is 0. The molecule has 0 amide bonds. The van der Waals surface area contributed by atoms with Crippen LogP contribution in [0.4, 0.5) is 0 Å². The lowest BCUT2D eigenvalue weighted by molar-refractivity contribution is 0.126. The zero-order chi connectivity index (χ0) is 11.2. The predicted molar refractivity (Wildman–Crippen MR) is 68.3 cm³/mol. The average molecular weight is 214 g/mol. The first-order valence-electron chi connectivity index (χ1n) is 6.99. The van der Waals surface area contributed by atoms with Crippen LogP contribution in [0.1, 0.15) is 78.1 Å². The van der Waals surface area contributed by atoms with E-state index in [4.69, 9.17) is 4.74 Å². The standard InChI is InChI=1S/C14H30O/c1-3-5-7-9-10-12-14-15-13-11-8-6-4-2/h3-14H2,1-2H3. The summed E-state index contributed by atoms with van der Waals surface area (Å²) in [6.45, 7) is 6.48. The van der Waals surface area contributed by atoms with E-state index in [-0.39, 0.29) is 0 Å². The van der Waals surface area contributed by atoms with E-state index in [1.165, 1.54) is 64.2 Å². The van der Waals surface area contributed by atoms with Gasteiger partial charge in [-0.1, -0.05) is 65.2 Å². The van der Waals surface area contributed by atoms with Gasteiger partial charge in [-0.2, -0.15) is 0 Å². The number of hydrogen-bond acceptors (Lipinski definition) is 1. The molecule has 0 aromatic rings. The Morgan fingerprint density at radius 1 is 0.533 bits per heavy atom. The average Bonchev–Trinajstić information content (AvgIpc) is 2.26. The summed E-state index contributed by atoms with van der Waals surface area (Å²) >= 11 is 0. The van der Waals surface area contributed by atoms with Crippen LogP contribution in [-0.4, -0.2) is 13.2 Å². The van der Waals surface area contributed by atoms with Crippen LogP contribution in [0.25, 0.3) is 0 Å². The molecule has 0 N–H and O–H groups in total. The number of rotatable bonds is 12. The van der Waals surface area contributed by atoms with E-state index in [0.29, 0.717) is 0 Å². The van der Waals surface area contributed by atoms with Crippen molar-refractivity contribution < 1.29 is 4.74 Å². The molecule has 15 heavy (non-hydrogen) atoms. The fraction of sp³-hybridized carbons (Fsp3) is 1.00. The van der Waals surface area contributed by atoms with E-state index in [0.717, 1.165) is 13.2 Å². The molecule has 0 atom stereocenters. The molecule has 0 unspecified atom stereocenters. The van der Waals surface area contributed by atoms with Gasteiger partial charge in [-0.25, -0.2) is 0 Å². The van der Waals surface area contributed by atoms with Crippen LogP contribution < -0.4 is 0 Å². The SMILES string of the molecule is CCCCCCCCOCCCCCC. The van der Waals surface area contributed by atoms with Crippen molar-refractivity contribution in [2.45, 2.75) is 78.1 Å². The Morgan fingerprint density at radius 2 is 0.933 bits per heavy atom. The van der Waals surface area contributed by atoms with Gasteiger partial charge in [0.1, 0.15) is 0 Å². The third-order valence-corrected chi connectivity index (χ3v) is 2.78. The summed E-state index contributed by atoms with van der Waals surface area (Å²) in [5.41, 5.74) is 0. The van der Waals surface area contributed by atoms with Crippen molar-refractivity contribution in [3.05, 3.63) is 0 Å². The van der Waals surface area contributed by atoms with Gasteiger partial charge in [0.15, 0.2) is 0 Å². The predicted octanol–water partition coefficient (Wildman–Crippen LogP) is 4.94. The van der Waals surface area contributed by atoms with E-state index < -0.39 is 0 Å². The molecule has 0 fully saturated rings. The highest BCUT2D eigenvalue weighted by atomic mass is 16.5. The first kappa shape index (κ1) is 15.0. The second-order valence-corrected chi connectivity index (χ2v) is 4.44. The molecule has 0 aromatic heterocycles. The van der Waals surface area contributed by atoms with Gasteiger partial charge in [-0.3, -0.25) is 0 Å². The summed E-state index contributed by atoms with van der Waals surface area (Å²) in [6.07, 6.45) is 13.4. The Balaban J connectivity index is 2.81. The van der Waals surface area contributed by atoms with Crippen molar-refractivity contribution in [3.8, 4) is 0 Å². The molecule has 0 saturated heterocycles. The van der Waals surface area contributed by atoms with Crippen LogP contribution in [0.3, 0.4) is 0 Å². The van der Waals surface area contributed by atoms with Gasteiger partial charge in [0, 0.05) is 13.2 Å². The van der Waals surface area contributed by atoms with Gasteiger partial charge in [0.2, 0.25) is 0 Å². The minimum absolute atomic E-state index is 0.981. The lowest BCUT2D eigenvalue weighted by Crippen LogP contribution is -1.97. The Labute approximate surface area is 96.6 Å². The molecule has 0 aliphatic rings. The van der Waals surface area contributed by atoms with E-state index in [1.54, 1.807) is 0 Å². The van der Waals surface area contributed by atoms with Crippen LogP contribution in [-0.2, 0) is 4.74 Å². The van der Waals surface area contributed by atoms with Crippen LogP contribution in [0.15, 0.2) is 0 Å². The Bertz CT molecular complexity index is 89.5. The zero-order valence-electron chi connectivity index (χ0n) is 10.9. The fourth-order valence-electron chi connectivity index (χ4n) is 1.72. The molecule has 0 spiro atoms. The molecule has 92 valence electrons. The first-order chi connectivity index (χ1) is 7.41. The molecule has 0 bridgehead atoms. The lowest BCUT2D eigenvalue weighted by Gasteiger charge is -2.03. The lowest BCUT2D eigenvalue weighted by atomic mass is 10.1. The zero-order valence-corrected chi connectivity index (χ0v) is 10.9. The highest BCUT2D eigenvalue weighted by Crippen LogP contribution is 2.05. The molecule has 0 rings (SSSR count). The summed E-state index contributed by atoms with van der Waals surface area (Å²) in [5.74, 6) is 0. The minimum atomic E-state index is 0.981. The summed E-state index contributed by atoms with van der Waals surface area (Å²) in [5, 5.41) is 0. The summed E-state index contributed by atoms with van der Waals surface area (Å²) in [4.78, 5) is 0. The highest BCUT2D eigenvalue weighted by Gasteiger charge is 1.91. The fourth-order valence-corrected chi connectivity index (χ4v) is 1.72. The highest BCUT2D eigenvalue weighted by molar-refractivity contribution is 4.44. The van der Waals surface area contributed by atoms with Crippen LogP contribution in [0, 0.1) is 0 Å². The quantitative estimate of drug-likeness (QED) is 0.418. The number of ether oxygens (including phenoxy) is 1. The largest absolute Gasteiger partial charge is 0.381 e. The van der Waals surface area contributed by atoms with Crippen molar-refractivity contribution >= 4 is 0 Å². The maximum Gasteiger partial charge on any atom is 0.0466 e. The van der Waals surface area contributed by atoms with Gasteiger partial charge < -0.3 is 4.74 Å². The van der Waals surface area contributed by atoms with Gasteiger partial charge >= 0.3 is 0 Å². The molecular weight excluding hydrogens is 184 g/mol. The molecule has 0 saturated carbocycles.